The van der Waals surface area contributed by atoms with Gasteiger partial charge in [-0.05, 0) is 56.6 Å². The molecule has 0 unspecified atom stereocenters. The number of allylic oxidation sites excluding steroid dienone is 1. The molecule has 2 N–H and O–H groups in total. The van der Waals surface area contributed by atoms with Crippen LogP contribution in [-0.2, 0) is 6.42 Å². The predicted octanol–water partition coefficient (Wildman–Crippen LogP) is 6.68. The summed E-state index contributed by atoms with van der Waals surface area (Å²) in [5.41, 5.74) is 0. The summed E-state index contributed by atoms with van der Waals surface area (Å²) < 4.78 is 0. The lowest BCUT2D eigenvalue weighted by Gasteiger charge is -2.20. The molecule has 0 aliphatic heterocycles. The van der Waals surface area contributed by atoms with Crippen LogP contribution in [0, 0.1) is 11.8 Å². The molecule has 5 heteroatoms. The van der Waals surface area contributed by atoms with E-state index in [-0.39, 0.29) is 17.4 Å². The van der Waals surface area contributed by atoms with Crippen LogP contribution in [0.25, 0.3) is 0 Å². The fourth-order valence-electron chi connectivity index (χ4n) is 4.17. The van der Waals surface area contributed by atoms with E-state index in [1.807, 2.05) is 6.07 Å². The van der Waals surface area contributed by atoms with Gasteiger partial charge in [-0.25, -0.2) is 4.79 Å². The van der Waals surface area contributed by atoms with Crippen LogP contribution in [0.5, 0.6) is 0 Å². The first-order valence-corrected chi connectivity index (χ1v) is 12.1. The average molecular weight is 427 g/mol. The number of aromatic carboxylic acids is 1. The number of aryl methyl sites for hydroxylation is 1. The highest BCUT2D eigenvalue weighted by Crippen LogP contribution is 2.40. The summed E-state index contributed by atoms with van der Waals surface area (Å²) in [6.45, 7) is 2.24. The quantitative estimate of drug-likeness (QED) is 0.210. The highest BCUT2D eigenvalue weighted by Gasteiger charge is 2.39. The maximum atomic E-state index is 11.0. The minimum absolute atomic E-state index is 0.0246. The fourth-order valence-corrected chi connectivity index (χ4v) is 5.53. The van der Waals surface area contributed by atoms with Gasteiger partial charge in [-0.2, -0.15) is 0 Å². The van der Waals surface area contributed by atoms with Crippen molar-refractivity contribution in [2.24, 2.45) is 11.8 Å². The van der Waals surface area contributed by atoms with Crippen molar-refractivity contribution in [2.45, 2.75) is 89.0 Å². The molecule has 28 heavy (non-hydrogen) atoms. The molecular weight excluding hydrogens is 392 g/mol. The van der Waals surface area contributed by atoms with Crippen LogP contribution in [0.15, 0.2) is 24.3 Å². The Labute approximate surface area is 178 Å². The van der Waals surface area contributed by atoms with Crippen LogP contribution in [0.1, 0.15) is 85.7 Å². The van der Waals surface area contributed by atoms with E-state index in [1.54, 1.807) is 6.07 Å². The highest BCUT2D eigenvalue weighted by molar-refractivity contribution is 7.13. The van der Waals surface area contributed by atoms with E-state index >= 15 is 0 Å². The van der Waals surface area contributed by atoms with Crippen molar-refractivity contribution >= 4 is 28.9 Å². The standard InChI is InChI=1S/C23H35ClO3S/c1-2-3-4-5-6-7-8-9-12-19-18(20(24)16-21(19)25)13-10-11-17-14-15-22(28-17)23(26)27/h9,12,14-15,18-21,25H,2-8,10-11,13,16H2,1H3,(H,26,27)/b12-9+/t18-,19-,20-,21-/m1/s1. The lowest BCUT2D eigenvalue weighted by atomic mass is 9.89. The SMILES string of the molecule is CCCCCCCC/C=C/[C@@H]1[C@@H](CCCc2ccc(C(=O)O)s2)[C@H](Cl)C[C@H]1O. The Bertz CT molecular complexity index is 613. The zero-order valence-electron chi connectivity index (χ0n) is 17.0. The number of rotatable bonds is 13. The van der Waals surface area contributed by atoms with Crippen LogP contribution in [0.4, 0.5) is 0 Å². The van der Waals surface area contributed by atoms with Crippen molar-refractivity contribution in [3.63, 3.8) is 0 Å². The van der Waals surface area contributed by atoms with Crippen LogP contribution in [0.2, 0.25) is 0 Å². The molecule has 1 aromatic rings. The Hall–Kier alpha value is -0.840. The van der Waals surface area contributed by atoms with E-state index in [2.05, 4.69) is 19.1 Å². The van der Waals surface area contributed by atoms with Crippen molar-refractivity contribution < 1.29 is 15.0 Å². The Morgan fingerprint density at radius 2 is 1.96 bits per heavy atom. The molecule has 158 valence electrons. The zero-order chi connectivity index (χ0) is 20.4. The van der Waals surface area contributed by atoms with Crippen LogP contribution in [-0.4, -0.2) is 27.7 Å². The Morgan fingerprint density at radius 3 is 2.68 bits per heavy atom. The molecule has 1 heterocycles. The lowest BCUT2D eigenvalue weighted by Crippen LogP contribution is -2.18. The molecule has 0 bridgehead atoms. The second kappa shape index (κ2) is 12.7. The third-order valence-electron chi connectivity index (χ3n) is 5.79. The van der Waals surface area contributed by atoms with Gasteiger partial charge in [-0.3, -0.25) is 0 Å². The number of aliphatic hydroxyl groups is 1. The number of halogens is 1. The van der Waals surface area contributed by atoms with Crippen molar-refractivity contribution in [3.8, 4) is 0 Å². The summed E-state index contributed by atoms with van der Waals surface area (Å²) in [5.74, 6) is -0.400. The second-order valence-electron chi connectivity index (χ2n) is 8.01. The Balaban J connectivity index is 1.74. The summed E-state index contributed by atoms with van der Waals surface area (Å²) in [7, 11) is 0. The molecule has 4 atom stereocenters. The first-order valence-electron chi connectivity index (χ1n) is 10.8. The fraction of sp³-hybridized carbons (Fsp3) is 0.696. The van der Waals surface area contributed by atoms with Crippen molar-refractivity contribution in [1.82, 2.24) is 0 Å². The minimum atomic E-state index is -0.855. The number of alkyl halides is 1. The van der Waals surface area contributed by atoms with Gasteiger partial charge in [0.2, 0.25) is 0 Å². The number of carboxylic acids is 1. The van der Waals surface area contributed by atoms with Crippen LogP contribution in [0.3, 0.4) is 0 Å². The van der Waals surface area contributed by atoms with Crippen LogP contribution < -0.4 is 0 Å². The summed E-state index contributed by atoms with van der Waals surface area (Å²) >= 11 is 7.89. The zero-order valence-corrected chi connectivity index (χ0v) is 18.6. The molecule has 0 saturated heterocycles. The van der Waals surface area contributed by atoms with Crippen molar-refractivity contribution in [3.05, 3.63) is 34.0 Å². The normalized spacial score (nSPS) is 25.0. The molecule has 1 aromatic heterocycles. The van der Waals surface area contributed by atoms with E-state index in [9.17, 15) is 9.90 Å². The first kappa shape index (κ1) is 23.4. The molecule has 2 rings (SSSR count). The smallest absolute Gasteiger partial charge is 0.345 e. The number of aliphatic hydroxyl groups excluding tert-OH is 1. The van der Waals surface area contributed by atoms with Gasteiger partial charge in [0.05, 0.1) is 6.10 Å². The molecule has 0 amide bonds. The predicted molar refractivity (Wildman–Crippen MR) is 119 cm³/mol. The molecule has 0 aromatic carbocycles. The number of carbonyl (C=O) groups is 1. The number of carboxylic acid groups (broad SMARTS) is 1. The van der Waals surface area contributed by atoms with E-state index in [1.165, 1.54) is 49.9 Å². The van der Waals surface area contributed by atoms with Gasteiger partial charge in [0.1, 0.15) is 4.88 Å². The topological polar surface area (TPSA) is 57.5 Å². The van der Waals surface area contributed by atoms with Gasteiger partial charge in [0, 0.05) is 16.2 Å². The van der Waals surface area contributed by atoms with Crippen molar-refractivity contribution in [2.75, 3.05) is 0 Å². The van der Waals surface area contributed by atoms with E-state index in [4.69, 9.17) is 16.7 Å². The first-order chi connectivity index (χ1) is 13.5. The van der Waals surface area contributed by atoms with E-state index < -0.39 is 5.97 Å². The number of unbranched alkanes of at least 4 members (excludes halogenated alkanes) is 6. The molecule has 0 spiro atoms. The minimum Gasteiger partial charge on any atom is -0.477 e. The molecule has 1 aliphatic carbocycles. The van der Waals surface area contributed by atoms with Gasteiger partial charge >= 0.3 is 5.97 Å². The van der Waals surface area contributed by atoms with E-state index in [0.29, 0.717) is 17.2 Å². The molecule has 1 saturated carbocycles. The van der Waals surface area contributed by atoms with Gasteiger partial charge in [-0.1, -0.05) is 51.2 Å². The Kier molecular flexibility index (Phi) is 10.6. The number of hydrogen-bond donors (Lipinski definition) is 2. The highest BCUT2D eigenvalue weighted by atomic mass is 35.5. The molecule has 0 radical (unpaired) electrons. The van der Waals surface area contributed by atoms with E-state index in [0.717, 1.165) is 30.6 Å². The maximum Gasteiger partial charge on any atom is 0.345 e. The largest absolute Gasteiger partial charge is 0.477 e. The van der Waals surface area contributed by atoms with Crippen molar-refractivity contribution in [1.29, 1.82) is 0 Å². The monoisotopic (exact) mass is 426 g/mol. The third kappa shape index (κ3) is 7.53. The Morgan fingerprint density at radius 1 is 1.21 bits per heavy atom. The van der Waals surface area contributed by atoms with Crippen LogP contribution >= 0.6 is 22.9 Å². The summed E-state index contributed by atoms with van der Waals surface area (Å²) in [6, 6.07) is 3.59. The average Bonchev–Trinajstić information content (AvgIpc) is 3.23. The summed E-state index contributed by atoms with van der Waals surface area (Å²) in [4.78, 5) is 12.5. The van der Waals surface area contributed by atoms with Gasteiger partial charge in [0.25, 0.3) is 0 Å². The second-order valence-corrected chi connectivity index (χ2v) is 9.74. The summed E-state index contributed by atoms with van der Waals surface area (Å²) in [6.07, 6.45) is 16.5. The maximum absolute atomic E-state index is 11.0. The molecule has 1 fully saturated rings. The third-order valence-corrected chi connectivity index (χ3v) is 7.42. The number of thiophene rings is 1. The van der Waals surface area contributed by atoms with Gasteiger partial charge < -0.3 is 10.2 Å². The summed E-state index contributed by atoms with van der Waals surface area (Å²) in [5, 5.41) is 19.5. The molecule has 3 nitrogen and oxygen atoms in total. The van der Waals surface area contributed by atoms with Gasteiger partial charge in [0.15, 0.2) is 0 Å². The number of hydrogen-bond acceptors (Lipinski definition) is 3. The molecular formula is C23H35ClO3S. The van der Waals surface area contributed by atoms with Gasteiger partial charge in [-0.15, -0.1) is 22.9 Å². The molecule has 1 aliphatic rings. The lowest BCUT2D eigenvalue weighted by molar-refractivity contribution is 0.0702.